The summed E-state index contributed by atoms with van der Waals surface area (Å²) >= 11 is 0. The summed E-state index contributed by atoms with van der Waals surface area (Å²) in [6.45, 7) is 1.47. The zero-order chi connectivity index (χ0) is 17.6. The van der Waals surface area contributed by atoms with Gasteiger partial charge < -0.3 is 14.8 Å². The highest BCUT2D eigenvalue weighted by Gasteiger charge is 2.19. The van der Waals surface area contributed by atoms with E-state index in [4.69, 9.17) is 9.47 Å². The molecule has 0 saturated heterocycles. The Bertz CT molecular complexity index is 826. The monoisotopic (exact) mass is 345 g/mol. The van der Waals surface area contributed by atoms with Gasteiger partial charge in [-0.1, -0.05) is 48.5 Å². The van der Waals surface area contributed by atoms with Crippen molar-refractivity contribution in [3.8, 4) is 17.2 Å². The van der Waals surface area contributed by atoms with Gasteiger partial charge in [0.15, 0.2) is 0 Å². The topological polar surface area (TPSA) is 30.5 Å². The van der Waals surface area contributed by atoms with Crippen LogP contribution in [0.1, 0.15) is 24.0 Å². The van der Waals surface area contributed by atoms with E-state index in [0.29, 0.717) is 6.61 Å². The number of nitrogens with one attached hydrogen (secondary N) is 1. The summed E-state index contributed by atoms with van der Waals surface area (Å²) in [6.07, 6.45) is 2.62. The molecule has 1 saturated carbocycles. The average molecular weight is 345 g/mol. The van der Waals surface area contributed by atoms with Crippen molar-refractivity contribution in [3.05, 3.63) is 90.0 Å². The van der Waals surface area contributed by atoms with Crippen LogP contribution in [-0.4, -0.2) is 6.04 Å². The van der Waals surface area contributed by atoms with E-state index in [9.17, 15) is 0 Å². The molecular formula is C23H23NO2. The Balaban J connectivity index is 1.34. The zero-order valence-corrected chi connectivity index (χ0v) is 14.7. The standard InChI is InChI=1S/C23H23NO2/c1-2-5-19(6-3-1)17-25-22-7-4-8-23(15-22)26-21-13-9-18(10-14-21)16-24-20-11-12-20/h1-10,13-15,20,24H,11-12,16-17H2. The van der Waals surface area contributed by atoms with Crippen LogP contribution in [0.4, 0.5) is 0 Å². The third-order valence-corrected chi connectivity index (χ3v) is 4.39. The highest BCUT2D eigenvalue weighted by molar-refractivity contribution is 5.37. The fourth-order valence-electron chi connectivity index (χ4n) is 2.73. The van der Waals surface area contributed by atoms with Crippen LogP contribution in [0.15, 0.2) is 78.9 Å². The van der Waals surface area contributed by atoms with Gasteiger partial charge in [-0.15, -0.1) is 0 Å². The minimum absolute atomic E-state index is 0.549. The molecule has 3 nitrogen and oxygen atoms in total. The molecule has 0 aromatic heterocycles. The van der Waals surface area contributed by atoms with E-state index in [1.54, 1.807) is 0 Å². The summed E-state index contributed by atoms with van der Waals surface area (Å²) in [5.41, 5.74) is 2.43. The van der Waals surface area contributed by atoms with Crippen LogP contribution in [0.25, 0.3) is 0 Å². The van der Waals surface area contributed by atoms with Crippen LogP contribution in [0.3, 0.4) is 0 Å². The minimum Gasteiger partial charge on any atom is -0.489 e. The van der Waals surface area contributed by atoms with Gasteiger partial charge in [-0.2, -0.15) is 0 Å². The molecule has 0 unspecified atom stereocenters. The van der Waals surface area contributed by atoms with Gasteiger partial charge >= 0.3 is 0 Å². The first-order valence-electron chi connectivity index (χ1n) is 9.12. The molecule has 1 aliphatic rings. The second-order valence-corrected chi connectivity index (χ2v) is 6.65. The smallest absolute Gasteiger partial charge is 0.131 e. The molecule has 0 aliphatic heterocycles. The summed E-state index contributed by atoms with van der Waals surface area (Å²) in [5, 5.41) is 3.52. The molecule has 26 heavy (non-hydrogen) atoms. The van der Waals surface area contributed by atoms with Gasteiger partial charge in [-0.3, -0.25) is 0 Å². The summed E-state index contributed by atoms with van der Waals surface area (Å²) in [4.78, 5) is 0. The molecule has 0 heterocycles. The molecule has 0 atom stereocenters. The molecule has 0 bridgehead atoms. The lowest BCUT2D eigenvalue weighted by atomic mass is 10.2. The zero-order valence-electron chi connectivity index (χ0n) is 14.7. The first-order valence-corrected chi connectivity index (χ1v) is 9.12. The Morgan fingerprint density at radius 2 is 1.50 bits per heavy atom. The van der Waals surface area contributed by atoms with Crippen molar-refractivity contribution >= 4 is 0 Å². The van der Waals surface area contributed by atoms with Crippen LogP contribution in [0.5, 0.6) is 17.2 Å². The van der Waals surface area contributed by atoms with Gasteiger partial charge in [0.1, 0.15) is 23.9 Å². The Morgan fingerprint density at radius 1 is 0.731 bits per heavy atom. The molecule has 0 amide bonds. The number of hydrogen-bond acceptors (Lipinski definition) is 3. The molecule has 0 radical (unpaired) electrons. The van der Waals surface area contributed by atoms with Crippen LogP contribution in [-0.2, 0) is 13.2 Å². The largest absolute Gasteiger partial charge is 0.489 e. The highest BCUT2D eigenvalue weighted by atomic mass is 16.5. The van der Waals surface area contributed by atoms with Crippen molar-refractivity contribution in [2.24, 2.45) is 0 Å². The summed E-state index contributed by atoms with van der Waals surface area (Å²) in [6, 6.07) is 26.9. The molecule has 0 spiro atoms. The SMILES string of the molecule is c1ccc(COc2cccc(Oc3ccc(CNC4CC4)cc3)c2)cc1. The van der Waals surface area contributed by atoms with Crippen molar-refractivity contribution in [1.29, 1.82) is 0 Å². The molecule has 1 fully saturated rings. The maximum Gasteiger partial charge on any atom is 0.131 e. The predicted molar refractivity (Wildman–Crippen MR) is 104 cm³/mol. The number of rotatable bonds is 8. The van der Waals surface area contributed by atoms with E-state index < -0.39 is 0 Å². The van der Waals surface area contributed by atoms with Gasteiger partial charge in [-0.25, -0.2) is 0 Å². The van der Waals surface area contributed by atoms with Gasteiger partial charge in [0.2, 0.25) is 0 Å². The molecule has 4 rings (SSSR count). The van der Waals surface area contributed by atoms with Crippen molar-refractivity contribution in [2.45, 2.75) is 32.0 Å². The lowest BCUT2D eigenvalue weighted by Gasteiger charge is -2.10. The van der Waals surface area contributed by atoms with Crippen molar-refractivity contribution < 1.29 is 9.47 Å². The van der Waals surface area contributed by atoms with E-state index in [2.05, 4.69) is 29.6 Å². The van der Waals surface area contributed by atoms with Crippen LogP contribution in [0, 0.1) is 0 Å². The Hall–Kier alpha value is -2.78. The molecule has 1 aliphatic carbocycles. The van der Waals surface area contributed by atoms with Gasteiger partial charge in [0.25, 0.3) is 0 Å². The van der Waals surface area contributed by atoms with E-state index in [0.717, 1.165) is 35.4 Å². The molecule has 3 aromatic rings. The fourth-order valence-corrected chi connectivity index (χ4v) is 2.73. The van der Waals surface area contributed by atoms with Crippen LogP contribution >= 0.6 is 0 Å². The Morgan fingerprint density at radius 3 is 2.27 bits per heavy atom. The van der Waals surface area contributed by atoms with E-state index in [-0.39, 0.29) is 0 Å². The van der Waals surface area contributed by atoms with Gasteiger partial charge in [0, 0.05) is 18.7 Å². The average Bonchev–Trinajstić information content (AvgIpc) is 3.52. The Kier molecular flexibility index (Phi) is 5.17. The van der Waals surface area contributed by atoms with Gasteiger partial charge in [-0.05, 0) is 48.2 Å². The predicted octanol–water partition coefficient (Wildman–Crippen LogP) is 5.31. The minimum atomic E-state index is 0.549. The molecule has 3 aromatic carbocycles. The molecule has 1 N–H and O–H groups in total. The lowest BCUT2D eigenvalue weighted by molar-refractivity contribution is 0.304. The summed E-state index contributed by atoms with van der Waals surface area (Å²) in [7, 11) is 0. The summed E-state index contributed by atoms with van der Waals surface area (Å²) < 4.78 is 11.8. The second-order valence-electron chi connectivity index (χ2n) is 6.65. The first kappa shape index (κ1) is 16.7. The van der Waals surface area contributed by atoms with E-state index >= 15 is 0 Å². The van der Waals surface area contributed by atoms with Crippen molar-refractivity contribution in [1.82, 2.24) is 5.32 Å². The van der Waals surface area contributed by atoms with Crippen LogP contribution < -0.4 is 14.8 Å². The van der Waals surface area contributed by atoms with E-state index in [1.807, 2.05) is 54.6 Å². The van der Waals surface area contributed by atoms with Crippen molar-refractivity contribution in [2.75, 3.05) is 0 Å². The van der Waals surface area contributed by atoms with Gasteiger partial charge in [0.05, 0.1) is 0 Å². The quantitative estimate of drug-likeness (QED) is 0.600. The first-order chi connectivity index (χ1) is 12.8. The normalized spacial score (nSPS) is 13.4. The third-order valence-electron chi connectivity index (χ3n) is 4.39. The molecular weight excluding hydrogens is 322 g/mol. The maximum absolute atomic E-state index is 5.96. The number of hydrogen-bond donors (Lipinski definition) is 1. The lowest BCUT2D eigenvalue weighted by Crippen LogP contribution is -2.14. The highest BCUT2D eigenvalue weighted by Crippen LogP contribution is 2.26. The number of ether oxygens (including phenoxy) is 2. The Labute approximate surface area is 154 Å². The van der Waals surface area contributed by atoms with Crippen LogP contribution in [0.2, 0.25) is 0 Å². The summed E-state index contributed by atoms with van der Waals surface area (Å²) in [5.74, 6) is 2.41. The number of benzene rings is 3. The van der Waals surface area contributed by atoms with Crippen molar-refractivity contribution in [3.63, 3.8) is 0 Å². The van der Waals surface area contributed by atoms with E-state index in [1.165, 1.54) is 18.4 Å². The second kappa shape index (κ2) is 8.07. The fraction of sp³-hybridized carbons (Fsp3) is 0.217. The molecule has 132 valence electrons. The maximum atomic E-state index is 5.96. The third kappa shape index (κ3) is 4.87. The molecule has 3 heteroatoms.